The van der Waals surface area contributed by atoms with Gasteiger partial charge in [-0.2, -0.15) is 0 Å². The predicted octanol–water partition coefficient (Wildman–Crippen LogP) is 4.95. The number of hydrogen-bond acceptors (Lipinski definition) is 8. The number of hydrogen-bond donors (Lipinski definition) is 2. The Morgan fingerprint density at radius 3 is 2.40 bits per heavy atom. The minimum atomic E-state index is -1.01. The molecule has 1 aliphatic heterocycles. The molecule has 12 nitrogen and oxygen atoms in total. The summed E-state index contributed by atoms with van der Waals surface area (Å²) in [6, 6.07) is 12.1. The van der Waals surface area contributed by atoms with E-state index >= 15 is 0 Å². The van der Waals surface area contributed by atoms with Crippen molar-refractivity contribution in [3.05, 3.63) is 92.0 Å². The van der Waals surface area contributed by atoms with Crippen molar-refractivity contribution in [1.82, 2.24) is 5.32 Å². The molecule has 0 radical (unpaired) electrons. The highest BCUT2D eigenvalue weighted by atomic mass is 35.5. The largest absolute Gasteiger partial charge is 0.490 e. The van der Waals surface area contributed by atoms with Crippen molar-refractivity contribution in [2.45, 2.75) is 20.8 Å². The smallest absolute Gasteiger partial charge is 0.335 e. The second kappa shape index (κ2) is 12.5. The Morgan fingerprint density at radius 2 is 1.76 bits per heavy atom. The van der Waals surface area contributed by atoms with Crippen LogP contribution >= 0.6 is 11.6 Å². The van der Waals surface area contributed by atoms with E-state index in [0.29, 0.717) is 10.6 Å². The van der Waals surface area contributed by atoms with Gasteiger partial charge in [0.1, 0.15) is 5.57 Å². The van der Waals surface area contributed by atoms with E-state index in [-0.39, 0.29) is 46.7 Å². The van der Waals surface area contributed by atoms with E-state index in [1.54, 1.807) is 13.0 Å². The maximum Gasteiger partial charge on any atom is 0.335 e. The van der Waals surface area contributed by atoms with Crippen LogP contribution in [-0.4, -0.2) is 41.9 Å². The Labute approximate surface area is 245 Å². The zero-order valence-corrected chi connectivity index (χ0v) is 23.5. The molecule has 1 aliphatic rings. The summed E-state index contributed by atoms with van der Waals surface area (Å²) >= 11 is 6.46. The van der Waals surface area contributed by atoms with Gasteiger partial charge < -0.3 is 14.8 Å². The van der Waals surface area contributed by atoms with E-state index in [2.05, 4.69) is 10.6 Å². The number of ether oxygens (including phenoxy) is 2. The Kier molecular flexibility index (Phi) is 8.87. The number of barbiturate groups is 1. The van der Waals surface area contributed by atoms with Crippen molar-refractivity contribution in [3.63, 3.8) is 0 Å². The normalized spacial score (nSPS) is 14.0. The topological polar surface area (TPSA) is 157 Å². The fraction of sp³-hybridized carbons (Fsp3) is 0.172. The SMILES string of the molecule is CCOc1cc(/C=C2/C(=O)NC(=O)N(c3ccc([N+](=O)[O-])cc3)C2=O)cc(Cl)c1OCC(=O)Nc1ccc(C)c(C)c1. The van der Waals surface area contributed by atoms with Gasteiger partial charge in [0.25, 0.3) is 23.4 Å². The summed E-state index contributed by atoms with van der Waals surface area (Å²) in [5, 5.41) is 15.8. The van der Waals surface area contributed by atoms with Gasteiger partial charge in [-0.1, -0.05) is 17.7 Å². The molecule has 3 aromatic rings. The van der Waals surface area contributed by atoms with E-state index in [1.165, 1.54) is 30.3 Å². The van der Waals surface area contributed by atoms with Crippen molar-refractivity contribution in [1.29, 1.82) is 0 Å². The summed E-state index contributed by atoms with van der Waals surface area (Å²) in [6.07, 6.45) is 1.22. The molecule has 1 saturated heterocycles. The van der Waals surface area contributed by atoms with Crippen LogP contribution < -0.4 is 25.0 Å². The van der Waals surface area contributed by atoms with Gasteiger partial charge in [0.05, 0.1) is 22.2 Å². The number of nitrogens with one attached hydrogen (secondary N) is 2. The zero-order valence-electron chi connectivity index (χ0n) is 22.7. The number of carbonyl (C=O) groups is 4. The molecule has 3 aromatic carbocycles. The highest BCUT2D eigenvalue weighted by molar-refractivity contribution is 6.39. The third-order valence-electron chi connectivity index (χ3n) is 6.20. The number of imide groups is 2. The molecule has 0 aliphatic carbocycles. The number of rotatable bonds is 9. The molecule has 216 valence electrons. The van der Waals surface area contributed by atoms with Crippen LogP contribution in [0.3, 0.4) is 0 Å². The van der Waals surface area contributed by atoms with Crippen LogP contribution in [0.4, 0.5) is 21.9 Å². The number of urea groups is 1. The molecule has 0 atom stereocenters. The molecular formula is C29H25ClN4O8. The molecule has 1 heterocycles. The maximum absolute atomic E-state index is 13.2. The van der Waals surface area contributed by atoms with Crippen molar-refractivity contribution in [3.8, 4) is 11.5 Å². The zero-order chi connectivity index (χ0) is 30.6. The van der Waals surface area contributed by atoms with Crippen molar-refractivity contribution in [2.75, 3.05) is 23.4 Å². The summed E-state index contributed by atoms with van der Waals surface area (Å²) in [7, 11) is 0. The summed E-state index contributed by atoms with van der Waals surface area (Å²) < 4.78 is 11.3. The highest BCUT2D eigenvalue weighted by Gasteiger charge is 2.37. The van der Waals surface area contributed by atoms with E-state index in [9.17, 15) is 29.3 Å². The Bertz CT molecular complexity index is 1640. The first-order valence-electron chi connectivity index (χ1n) is 12.6. The fourth-order valence-corrected chi connectivity index (χ4v) is 4.28. The molecule has 1 fully saturated rings. The molecule has 4 rings (SSSR count). The summed E-state index contributed by atoms with van der Waals surface area (Å²) in [6.45, 7) is 5.46. The Morgan fingerprint density at radius 1 is 1.05 bits per heavy atom. The molecule has 0 spiro atoms. The van der Waals surface area contributed by atoms with Crippen LogP contribution in [0.1, 0.15) is 23.6 Å². The molecule has 0 aromatic heterocycles. The molecule has 0 bridgehead atoms. The quantitative estimate of drug-likeness (QED) is 0.153. The first-order chi connectivity index (χ1) is 20.0. The lowest BCUT2D eigenvalue weighted by molar-refractivity contribution is -0.384. The lowest BCUT2D eigenvalue weighted by Crippen LogP contribution is -2.54. The van der Waals surface area contributed by atoms with Gasteiger partial charge in [-0.15, -0.1) is 0 Å². The molecule has 42 heavy (non-hydrogen) atoms. The second-order valence-electron chi connectivity index (χ2n) is 9.13. The average molecular weight is 593 g/mol. The van der Waals surface area contributed by atoms with Gasteiger partial charge in [-0.05, 0) is 79.9 Å². The van der Waals surface area contributed by atoms with Gasteiger partial charge in [0, 0.05) is 17.8 Å². The lowest BCUT2D eigenvalue weighted by atomic mass is 10.1. The molecule has 2 N–H and O–H groups in total. The highest BCUT2D eigenvalue weighted by Crippen LogP contribution is 2.38. The van der Waals surface area contributed by atoms with Gasteiger partial charge >= 0.3 is 6.03 Å². The number of non-ortho nitro benzene ring substituents is 1. The summed E-state index contributed by atoms with van der Waals surface area (Å²) in [5.74, 6) is -2.08. The van der Waals surface area contributed by atoms with Crippen LogP contribution in [0, 0.1) is 24.0 Å². The first-order valence-corrected chi connectivity index (χ1v) is 13.0. The lowest BCUT2D eigenvalue weighted by Gasteiger charge is -2.26. The fourth-order valence-electron chi connectivity index (χ4n) is 4.01. The second-order valence-corrected chi connectivity index (χ2v) is 9.54. The Hall–Kier alpha value is -5.23. The van der Waals surface area contributed by atoms with Gasteiger partial charge in [0.2, 0.25) is 0 Å². The van der Waals surface area contributed by atoms with Crippen LogP contribution in [0.5, 0.6) is 11.5 Å². The van der Waals surface area contributed by atoms with Crippen molar-refractivity contribution >= 4 is 58.5 Å². The maximum atomic E-state index is 13.2. The molecular weight excluding hydrogens is 568 g/mol. The van der Waals surface area contributed by atoms with Crippen LogP contribution in [0.2, 0.25) is 5.02 Å². The van der Waals surface area contributed by atoms with E-state index < -0.39 is 34.2 Å². The average Bonchev–Trinajstić information content (AvgIpc) is 2.93. The number of nitro benzene ring substituents is 1. The number of carbonyl (C=O) groups excluding carboxylic acids is 4. The number of anilines is 2. The third kappa shape index (κ3) is 6.56. The van der Waals surface area contributed by atoms with Crippen molar-refractivity contribution < 1.29 is 33.6 Å². The third-order valence-corrected chi connectivity index (χ3v) is 6.48. The van der Waals surface area contributed by atoms with Gasteiger partial charge in [0.15, 0.2) is 18.1 Å². The van der Waals surface area contributed by atoms with Crippen LogP contribution in [0.25, 0.3) is 6.08 Å². The van der Waals surface area contributed by atoms with E-state index in [0.717, 1.165) is 23.3 Å². The monoisotopic (exact) mass is 592 g/mol. The van der Waals surface area contributed by atoms with Crippen LogP contribution in [-0.2, 0) is 14.4 Å². The predicted molar refractivity (Wildman–Crippen MR) is 155 cm³/mol. The minimum Gasteiger partial charge on any atom is -0.490 e. The number of nitrogens with zero attached hydrogens (tertiary/aromatic N) is 2. The number of benzene rings is 3. The van der Waals surface area contributed by atoms with Crippen molar-refractivity contribution in [2.24, 2.45) is 0 Å². The first kappa shape index (κ1) is 29.7. The Balaban J connectivity index is 1.57. The molecule has 13 heteroatoms. The molecule has 0 saturated carbocycles. The summed E-state index contributed by atoms with van der Waals surface area (Å²) in [4.78, 5) is 61.8. The summed E-state index contributed by atoms with van der Waals surface area (Å²) in [5.41, 5.74) is 2.38. The number of nitro groups is 1. The number of amides is 5. The number of aryl methyl sites for hydroxylation is 2. The van der Waals surface area contributed by atoms with E-state index in [4.69, 9.17) is 21.1 Å². The minimum absolute atomic E-state index is 0.0253. The molecule has 5 amide bonds. The van der Waals surface area contributed by atoms with E-state index in [1.807, 2.05) is 26.0 Å². The number of halogens is 1. The van der Waals surface area contributed by atoms with Gasteiger partial charge in [-0.25, -0.2) is 9.69 Å². The molecule has 0 unspecified atom stereocenters. The van der Waals surface area contributed by atoms with Crippen LogP contribution in [0.15, 0.2) is 60.2 Å². The van der Waals surface area contributed by atoms with Gasteiger partial charge in [-0.3, -0.25) is 29.8 Å². The standard InChI is InChI=1S/C29H25ClN4O8/c1-4-41-24-14-18(13-23(30)26(24)42-15-25(35)31-19-6-5-16(2)17(3)11-19)12-22-27(36)32-29(38)33(28(22)37)20-7-9-21(10-8-20)34(39)40/h5-14H,4,15H2,1-3H3,(H,31,35)(H,32,36,38)/b22-12-.